The quantitative estimate of drug-likeness (QED) is 0.428. The maximum Gasteiger partial charge on any atom is 0.326 e. The molecule has 10 heteroatoms. The summed E-state index contributed by atoms with van der Waals surface area (Å²) in [6.45, 7) is 0.576. The van der Waals surface area contributed by atoms with E-state index in [1.807, 2.05) is 29.2 Å². The molecule has 174 valence electrons. The Bertz CT molecular complexity index is 1470. The van der Waals surface area contributed by atoms with Crippen molar-refractivity contribution in [1.82, 2.24) is 15.0 Å². The molecule has 1 fully saturated rings. The van der Waals surface area contributed by atoms with E-state index < -0.39 is 21.8 Å². The van der Waals surface area contributed by atoms with Crippen molar-refractivity contribution in [3.05, 3.63) is 60.8 Å². The summed E-state index contributed by atoms with van der Waals surface area (Å²) in [4.78, 5) is 26.1. The van der Waals surface area contributed by atoms with Gasteiger partial charge in [0.25, 0.3) is 0 Å². The second kappa shape index (κ2) is 8.45. The first-order valence-electron chi connectivity index (χ1n) is 10.7. The van der Waals surface area contributed by atoms with Gasteiger partial charge < -0.3 is 19.7 Å². The Labute approximate surface area is 196 Å². The Morgan fingerprint density at radius 1 is 1.18 bits per heavy atom. The molecule has 5 rings (SSSR count). The van der Waals surface area contributed by atoms with Crippen molar-refractivity contribution in [3.63, 3.8) is 0 Å². The largest absolute Gasteiger partial charge is 0.480 e. The number of aromatic amines is 1. The van der Waals surface area contributed by atoms with Crippen LogP contribution in [0.15, 0.2) is 65.7 Å². The topological polar surface area (TPSA) is 125 Å². The van der Waals surface area contributed by atoms with E-state index in [2.05, 4.69) is 15.0 Å². The SMILES string of the molecule is CS(=O)(=O)c1ccc(Oc2cc3nc(-c4ccccn4)[nH]c3cc2N2CCCC2C(=O)O)cc1. The molecular weight excluding hydrogens is 456 g/mol. The van der Waals surface area contributed by atoms with E-state index in [-0.39, 0.29) is 4.90 Å². The molecule has 1 aliphatic rings. The van der Waals surface area contributed by atoms with Crippen LogP contribution in [0.5, 0.6) is 11.5 Å². The predicted molar refractivity (Wildman–Crippen MR) is 127 cm³/mol. The molecule has 0 aliphatic carbocycles. The van der Waals surface area contributed by atoms with Crippen LogP contribution in [-0.4, -0.2) is 53.3 Å². The molecule has 2 aromatic heterocycles. The Morgan fingerprint density at radius 3 is 2.65 bits per heavy atom. The summed E-state index contributed by atoms with van der Waals surface area (Å²) in [6, 6.07) is 14.6. The number of sulfone groups is 1. The number of H-pyrrole nitrogens is 1. The van der Waals surface area contributed by atoms with E-state index >= 15 is 0 Å². The van der Waals surface area contributed by atoms with Crippen LogP contribution in [0, 0.1) is 0 Å². The molecule has 2 aromatic carbocycles. The van der Waals surface area contributed by atoms with Crippen molar-refractivity contribution >= 4 is 32.5 Å². The van der Waals surface area contributed by atoms with Crippen molar-refractivity contribution < 1.29 is 23.1 Å². The van der Waals surface area contributed by atoms with Gasteiger partial charge in [-0.3, -0.25) is 4.98 Å². The van der Waals surface area contributed by atoms with Crippen LogP contribution in [0.1, 0.15) is 12.8 Å². The number of benzene rings is 2. The van der Waals surface area contributed by atoms with Gasteiger partial charge in [0.2, 0.25) is 0 Å². The van der Waals surface area contributed by atoms with E-state index in [1.54, 1.807) is 24.4 Å². The van der Waals surface area contributed by atoms with Gasteiger partial charge in [-0.15, -0.1) is 0 Å². The lowest BCUT2D eigenvalue weighted by molar-refractivity contribution is -0.138. The highest BCUT2D eigenvalue weighted by atomic mass is 32.2. The number of ether oxygens (including phenoxy) is 1. The smallest absolute Gasteiger partial charge is 0.326 e. The number of aliphatic carboxylic acids is 1. The third-order valence-electron chi connectivity index (χ3n) is 5.80. The number of fused-ring (bicyclic) bond motifs is 1. The van der Waals surface area contributed by atoms with E-state index in [4.69, 9.17) is 4.74 Å². The van der Waals surface area contributed by atoms with Crippen LogP contribution in [0.25, 0.3) is 22.6 Å². The first-order chi connectivity index (χ1) is 16.3. The van der Waals surface area contributed by atoms with Gasteiger partial charge in [0.05, 0.1) is 21.6 Å². The molecule has 1 saturated heterocycles. The highest BCUT2D eigenvalue weighted by molar-refractivity contribution is 7.90. The Balaban J connectivity index is 1.59. The minimum absolute atomic E-state index is 0.188. The lowest BCUT2D eigenvalue weighted by atomic mass is 10.2. The molecule has 0 spiro atoms. The van der Waals surface area contributed by atoms with Crippen molar-refractivity contribution in [2.24, 2.45) is 0 Å². The molecule has 0 amide bonds. The molecule has 4 aromatic rings. The maximum atomic E-state index is 11.9. The van der Waals surface area contributed by atoms with Gasteiger partial charge in [-0.25, -0.2) is 18.2 Å². The standard InChI is InChI=1S/C24H22N4O5S/c1-34(31,32)16-9-7-15(8-10-16)33-22-14-19-18(26-23(27-19)17-5-2-3-11-25-17)13-21(22)28-12-4-6-20(28)24(29)30/h2-3,5,7-11,13-14,20H,4,6,12H2,1H3,(H,26,27)(H,29,30). The van der Waals surface area contributed by atoms with Crippen LogP contribution < -0.4 is 9.64 Å². The van der Waals surface area contributed by atoms with E-state index in [9.17, 15) is 18.3 Å². The Hall–Kier alpha value is -3.92. The average Bonchev–Trinajstić information content (AvgIpc) is 3.46. The summed E-state index contributed by atoms with van der Waals surface area (Å²) in [6.07, 6.45) is 4.12. The van der Waals surface area contributed by atoms with Gasteiger partial charge in [0, 0.05) is 25.1 Å². The monoisotopic (exact) mass is 478 g/mol. The van der Waals surface area contributed by atoms with Gasteiger partial charge in [-0.1, -0.05) is 6.07 Å². The van der Waals surface area contributed by atoms with E-state index in [1.165, 1.54) is 12.1 Å². The number of nitrogens with zero attached hydrogens (tertiary/aromatic N) is 3. The number of carboxylic acid groups (broad SMARTS) is 1. The van der Waals surface area contributed by atoms with Crippen LogP contribution in [0.2, 0.25) is 0 Å². The van der Waals surface area contributed by atoms with Gasteiger partial charge in [-0.2, -0.15) is 0 Å². The summed E-state index contributed by atoms with van der Waals surface area (Å²) in [5.74, 6) is 0.568. The zero-order valence-corrected chi connectivity index (χ0v) is 19.1. The van der Waals surface area contributed by atoms with E-state index in [0.717, 1.165) is 18.2 Å². The third kappa shape index (κ3) is 4.19. The number of carbonyl (C=O) groups is 1. The first kappa shape index (κ1) is 21.9. The first-order valence-corrected chi connectivity index (χ1v) is 12.6. The number of rotatable bonds is 6. The molecule has 0 radical (unpaired) electrons. The number of aromatic nitrogens is 3. The Kier molecular flexibility index (Phi) is 5.45. The van der Waals surface area contributed by atoms with Gasteiger partial charge in [0.15, 0.2) is 21.4 Å². The van der Waals surface area contributed by atoms with Crippen LogP contribution in [0.3, 0.4) is 0 Å². The predicted octanol–water partition coefficient (Wildman–Crippen LogP) is 3.87. The molecule has 9 nitrogen and oxygen atoms in total. The molecule has 1 atom stereocenters. The van der Waals surface area contributed by atoms with Gasteiger partial charge in [0.1, 0.15) is 17.5 Å². The van der Waals surface area contributed by atoms with Gasteiger partial charge >= 0.3 is 5.97 Å². The molecular formula is C24H22N4O5S. The molecule has 2 N–H and O–H groups in total. The number of hydrogen-bond acceptors (Lipinski definition) is 7. The van der Waals surface area contributed by atoms with Crippen LogP contribution >= 0.6 is 0 Å². The highest BCUT2D eigenvalue weighted by Gasteiger charge is 2.33. The summed E-state index contributed by atoms with van der Waals surface area (Å²) >= 11 is 0. The fraction of sp³-hybridized carbons (Fsp3) is 0.208. The van der Waals surface area contributed by atoms with Crippen molar-refractivity contribution in [2.45, 2.75) is 23.8 Å². The second-order valence-corrected chi connectivity index (χ2v) is 10.2. The number of pyridine rings is 1. The molecule has 3 heterocycles. The zero-order valence-electron chi connectivity index (χ0n) is 18.3. The van der Waals surface area contributed by atoms with Crippen LogP contribution in [0.4, 0.5) is 5.69 Å². The highest BCUT2D eigenvalue weighted by Crippen LogP contribution is 2.39. The number of hydrogen-bond donors (Lipinski definition) is 2. The molecule has 34 heavy (non-hydrogen) atoms. The molecule has 1 aliphatic heterocycles. The normalized spacial score (nSPS) is 16.1. The van der Waals surface area contributed by atoms with Crippen molar-refractivity contribution in [2.75, 3.05) is 17.7 Å². The zero-order chi connectivity index (χ0) is 23.9. The summed E-state index contributed by atoms with van der Waals surface area (Å²) in [5, 5.41) is 9.73. The Morgan fingerprint density at radius 2 is 1.97 bits per heavy atom. The lowest BCUT2D eigenvalue weighted by Gasteiger charge is -2.26. The van der Waals surface area contributed by atoms with Crippen molar-refractivity contribution in [1.29, 1.82) is 0 Å². The van der Waals surface area contributed by atoms with E-state index in [0.29, 0.717) is 47.2 Å². The third-order valence-corrected chi connectivity index (χ3v) is 6.93. The van der Waals surface area contributed by atoms with Gasteiger partial charge in [-0.05, 0) is 55.3 Å². The maximum absolute atomic E-state index is 11.9. The fourth-order valence-electron chi connectivity index (χ4n) is 4.15. The molecule has 1 unspecified atom stereocenters. The molecule has 0 saturated carbocycles. The lowest BCUT2D eigenvalue weighted by Crippen LogP contribution is -2.36. The summed E-state index contributed by atoms with van der Waals surface area (Å²) < 4.78 is 29.7. The average molecular weight is 479 g/mol. The summed E-state index contributed by atoms with van der Waals surface area (Å²) in [7, 11) is -3.33. The minimum atomic E-state index is -3.33. The molecule has 0 bridgehead atoms. The number of carboxylic acids is 1. The second-order valence-electron chi connectivity index (χ2n) is 8.17. The minimum Gasteiger partial charge on any atom is -0.480 e. The summed E-state index contributed by atoms with van der Waals surface area (Å²) in [5.41, 5.74) is 2.68. The number of anilines is 1. The van der Waals surface area contributed by atoms with Crippen LogP contribution in [-0.2, 0) is 14.6 Å². The van der Waals surface area contributed by atoms with Crippen molar-refractivity contribution in [3.8, 4) is 23.0 Å². The number of imidazole rings is 1. The number of nitrogens with one attached hydrogen (secondary N) is 1. The fourth-order valence-corrected chi connectivity index (χ4v) is 4.78.